The van der Waals surface area contributed by atoms with E-state index in [2.05, 4.69) is 59.8 Å². The van der Waals surface area contributed by atoms with Crippen LogP contribution in [0.1, 0.15) is 22.6 Å². The van der Waals surface area contributed by atoms with E-state index in [4.69, 9.17) is 0 Å². The summed E-state index contributed by atoms with van der Waals surface area (Å²) < 4.78 is 15.2. The van der Waals surface area contributed by atoms with E-state index in [9.17, 15) is 4.39 Å². The second-order valence-electron chi connectivity index (χ2n) is 8.42. The number of aryl methyl sites for hydroxylation is 1. The molecule has 1 saturated carbocycles. The molecule has 4 heteroatoms. The van der Waals surface area contributed by atoms with Crippen molar-refractivity contribution in [1.29, 1.82) is 0 Å². The fraction of sp³-hybridized carbons (Fsp3) is 0.240. The first-order valence-electron chi connectivity index (χ1n) is 10.2. The largest absolute Gasteiger partial charge is 0.315 e. The van der Waals surface area contributed by atoms with E-state index in [1.165, 1.54) is 28.8 Å². The first-order chi connectivity index (χ1) is 14.2. The second-order valence-corrected chi connectivity index (χ2v) is 8.42. The molecule has 0 bridgehead atoms. The molecule has 0 unspecified atom stereocenters. The minimum atomic E-state index is -0.233. The number of piperidine rings is 1. The van der Waals surface area contributed by atoms with Gasteiger partial charge < -0.3 is 5.32 Å². The number of halogens is 1. The molecule has 3 nitrogen and oxygen atoms in total. The van der Waals surface area contributed by atoms with Gasteiger partial charge in [0.05, 0.1) is 17.4 Å². The molecule has 2 fully saturated rings. The summed E-state index contributed by atoms with van der Waals surface area (Å²) >= 11 is 0. The zero-order chi connectivity index (χ0) is 19.6. The van der Waals surface area contributed by atoms with E-state index in [1.807, 2.05) is 10.9 Å². The normalized spacial score (nSPS) is 25.3. The van der Waals surface area contributed by atoms with Gasteiger partial charge >= 0.3 is 0 Å². The van der Waals surface area contributed by atoms with Crippen LogP contribution >= 0.6 is 0 Å². The predicted molar refractivity (Wildman–Crippen MR) is 113 cm³/mol. The molecular formula is C25H22FN3. The standard InChI is InChI=1S/C25H22FN3/c1-16-11-23-18(13-28-29(23)20-9-7-19(26)8-10-20)12-21(16)25-15-27-14-22(25)24(25)17-5-3-2-4-6-17/h2-13,22,24,27H,14-15H2,1H3/t22-,24-,25+/m0/s1. The van der Waals surface area contributed by atoms with Gasteiger partial charge in [-0.25, -0.2) is 9.07 Å². The fourth-order valence-electron chi connectivity index (χ4n) is 5.61. The summed E-state index contributed by atoms with van der Waals surface area (Å²) in [4.78, 5) is 0. The molecular weight excluding hydrogens is 361 g/mol. The third-order valence-corrected chi connectivity index (χ3v) is 6.94. The van der Waals surface area contributed by atoms with Gasteiger partial charge in [-0.05, 0) is 72.5 Å². The smallest absolute Gasteiger partial charge is 0.123 e. The number of nitrogens with one attached hydrogen (secondary N) is 1. The Kier molecular flexibility index (Phi) is 3.51. The Bertz CT molecular complexity index is 1210. The molecule has 0 spiro atoms. The van der Waals surface area contributed by atoms with E-state index in [-0.39, 0.29) is 11.2 Å². The monoisotopic (exact) mass is 383 g/mol. The number of rotatable bonds is 3. The molecule has 2 heterocycles. The van der Waals surface area contributed by atoms with Gasteiger partial charge in [0, 0.05) is 23.3 Å². The van der Waals surface area contributed by atoms with Crippen LogP contribution in [0.2, 0.25) is 0 Å². The molecule has 1 aromatic heterocycles. The van der Waals surface area contributed by atoms with Crippen LogP contribution in [-0.2, 0) is 5.41 Å². The van der Waals surface area contributed by atoms with Crippen LogP contribution in [0, 0.1) is 18.7 Å². The first-order valence-corrected chi connectivity index (χ1v) is 10.2. The van der Waals surface area contributed by atoms with E-state index < -0.39 is 0 Å². The van der Waals surface area contributed by atoms with Crippen LogP contribution in [-0.4, -0.2) is 22.9 Å². The number of fused-ring (bicyclic) bond motifs is 2. The Hall–Kier alpha value is -2.98. The number of aromatic nitrogens is 2. The lowest BCUT2D eigenvalue weighted by Crippen LogP contribution is -2.23. The average Bonchev–Trinajstić information content (AvgIpc) is 3.03. The van der Waals surface area contributed by atoms with Crippen LogP contribution in [0.15, 0.2) is 72.9 Å². The lowest BCUT2D eigenvalue weighted by atomic mass is 9.87. The van der Waals surface area contributed by atoms with Crippen LogP contribution < -0.4 is 5.32 Å². The Balaban J connectivity index is 1.46. The maximum atomic E-state index is 13.3. The van der Waals surface area contributed by atoms with Crippen molar-refractivity contribution >= 4 is 10.9 Å². The summed E-state index contributed by atoms with van der Waals surface area (Å²) in [6.45, 7) is 4.31. The zero-order valence-electron chi connectivity index (χ0n) is 16.3. The summed E-state index contributed by atoms with van der Waals surface area (Å²) in [6.07, 6.45) is 1.93. The maximum Gasteiger partial charge on any atom is 0.123 e. The van der Waals surface area contributed by atoms with Crippen molar-refractivity contribution in [2.75, 3.05) is 13.1 Å². The predicted octanol–water partition coefficient (Wildman–Crippen LogP) is 4.73. The quantitative estimate of drug-likeness (QED) is 0.554. The van der Waals surface area contributed by atoms with Gasteiger partial charge in [0.15, 0.2) is 0 Å². The molecule has 144 valence electrons. The van der Waals surface area contributed by atoms with Gasteiger partial charge in [0.2, 0.25) is 0 Å². The minimum Gasteiger partial charge on any atom is -0.315 e. The minimum absolute atomic E-state index is 0.178. The Morgan fingerprint density at radius 2 is 1.86 bits per heavy atom. The SMILES string of the molecule is Cc1cc2c(cnn2-c2ccc(F)cc2)cc1[C@]12CNC[C@H]1[C@@H]2c1ccccc1. The van der Waals surface area contributed by atoms with Gasteiger partial charge in [-0.3, -0.25) is 0 Å². The van der Waals surface area contributed by atoms with Crippen molar-refractivity contribution in [3.05, 3.63) is 95.4 Å². The molecule has 29 heavy (non-hydrogen) atoms. The number of hydrogen-bond donors (Lipinski definition) is 1. The highest BCUT2D eigenvalue weighted by Gasteiger charge is 2.68. The molecule has 6 rings (SSSR count). The number of nitrogens with zero attached hydrogens (tertiary/aromatic N) is 2. The third-order valence-electron chi connectivity index (χ3n) is 6.94. The summed E-state index contributed by atoms with van der Waals surface area (Å²) in [5, 5.41) is 9.35. The molecule has 1 N–H and O–H groups in total. The van der Waals surface area contributed by atoms with E-state index in [0.717, 1.165) is 29.7 Å². The molecule has 3 aromatic carbocycles. The highest BCUT2D eigenvalue weighted by molar-refractivity contribution is 5.83. The third kappa shape index (κ3) is 2.36. The fourth-order valence-corrected chi connectivity index (χ4v) is 5.61. The van der Waals surface area contributed by atoms with Crippen molar-refractivity contribution in [3.63, 3.8) is 0 Å². The Morgan fingerprint density at radius 1 is 1.07 bits per heavy atom. The molecule has 1 aliphatic carbocycles. The van der Waals surface area contributed by atoms with Gasteiger partial charge in [-0.2, -0.15) is 5.10 Å². The van der Waals surface area contributed by atoms with Gasteiger partial charge in [0.25, 0.3) is 0 Å². The van der Waals surface area contributed by atoms with Crippen LogP contribution in [0.4, 0.5) is 4.39 Å². The van der Waals surface area contributed by atoms with Gasteiger partial charge in [-0.1, -0.05) is 30.3 Å². The van der Waals surface area contributed by atoms with Gasteiger partial charge in [0.1, 0.15) is 5.82 Å². The van der Waals surface area contributed by atoms with Crippen LogP contribution in [0.25, 0.3) is 16.6 Å². The molecule has 1 aliphatic heterocycles. The summed E-state index contributed by atoms with van der Waals surface area (Å²) in [5.41, 5.74) is 6.30. The molecule has 3 atom stereocenters. The Morgan fingerprint density at radius 3 is 2.66 bits per heavy atom. The summed E-state index contributed by atoms with van der Waals surface area (Å²) in [7, 11) is 0. The lowest BCUT2D eigenvalue weighted by Gasteiger charge is -2.19. The molecule has 2 aliphatic rings. The van der Waals surface area contributed by atoms with E-state index in [0.29, 0.717) is 11.8 Å². The molecule has 4 aromatic rings. The van der Waals surface area contributed by atoms with Crippen molar-refractivity contribution in [2.24, 2.45) is 5.92 Å². The Labute approximate surface area is 169 Å². The van der Waals surface area contributed by atoms with Crippen molar-refractivity contribution < 1.29 is 4.39 Å². The zero-order valence-corrected chi connectivity index (χ0v) is 16.3. The average molecular weight is 383 g/mol. The van der Waals surface area contributed by atoms with Crippen molar-refractivity contribution in [1.82, 2.24) is 15.1 Å². The number of benzene rings is 3. The maximum absolute atomic E-state index is 13.3. The van der Waals surface area contributed by atoms with Crippen LogP contribution in [0.5, 0.6) is 0 Å². The second kappa shape index (κ2) is 6.01. The molecule has 1 saturated heterocycles. The number of hydrogen-bond acceptors (Lipinski definition) is 2. The highest BCUT2D eigenvalue weighted by Crippen LogP contribution is 2.67. The van der Waals surface area contributed by atoms with E-state index >= 15 is 0 Å². The molecule has 0 amide bonds. The van der Waals surface area contributed by atoms with Crippen molar-refractivity contribution in [3.8, 4) is 5.69 Å². The van der Waals surface area contributed by atoms with E-state index in [1.54, 1.807) is 12.1 Å². The summed E-state index contributed by atoms with van der Waals surface area (Å²) in [5.74, 6) is 0.990. The van der Waals surface area contributed by atoms with Crippen molar-refractivity contribution in [2.45, 2.75) is 18.3 Å². The highest BCUT2D eigenvalue weighted by atomic mass is 19.1. The lowest BCUT2D eigenvalue weighted by molar-refractivity contribution is 0.627. The summed E-state index contributed by atoms with van der Waals surface area (Å²) in [6, 6.07) is 22.0. The van der Waals surface area contributed by atoms with Gasteiger partial charge in [-0.15, -0.1) is 0 Å². The molecule has 0 radical (unpaired) electrons. The topological polar surface area (TPSA) is 29.9 Å². The van der Waals surface area contributed by atoms with Crippen LogP contribution in [0.3, 0.4) is 0 Å². The first kappa shape index (κ1) is 16.9.